The number of primary amides is 1. The summed E-state index contributed by atoms with van der Waals surface area (Å²) < 4.78 is 1.27. The topological polar surface area (TPSA) is 93.8 Å². The van der Waals surface area contributed by atoms with Crippen molar-refractivity contribution in [3.8, 4) is 5.82 Å². The molecular weight excluding hydrogens is 196 g/mol. The van der Waals surface area contributed by atoms with Gasteiger partial charge in [-0.2, -0.15) is 5.10 Å². The van der Waals surface area contributed by atoms with Gasteiger partial charge in [0.05, 0.1) is 11.8 Å². The van der Waals surface area contributed by atoms with Crippen molar-refractivity contribution in [3.05, 3.63) is 46.5 Å². The van der Waals surface area contributed by atoms with Gasteiger partial charge in [-0.3, -0.25) is 19.3 Å². The molecule has 0 aliphatic rings. The first kappa shape index (κ1) is 9.20. The number of pyridine rings is 1. The summed E-state index contributed by atoms with van der Waals surface area (Å²) in [6.45, 7) is 0. The van der Waals surface area contributed by atoms with Gasteiger partial charge in [0.15, 0.2) is 0 Å². The smallest absolute Gasteiger partial charge is 0.256 e. The molecule has 2 heterocycles. The minimum absolute atomic E-state index is 0.260. The van der Waals surface area contributed by atoms with Gasteiger partial charge in [-0.1, -0.05) is 0 Å². The predicted octanol–water partition coefficient (Wildman–Crippen LogP) is -0.341. The van der Waals surface area contributed by atoms with Gasteiger partial charge < -0.3 is 5.73 Å². The second kappa shape index (κ2) is 3.41. The van der Waals surface area contributed by atoms with E-state index in [9.17, 15) is 9.59 Å². The molecule has 0 fully saturated rings. The normalized spacial score (nSPS) is 10.1. The zero-order valence-electron chi connectivity index (χ0n) is 7.68. The Morgan fingerprint density at radius 3 is 2.80 bits per heavy atom. The van der Waals surface area contributed by atoms with Crippen molar-refractivity contribution < 1.29 is 4.79 Å². The molecular formula is C9H8N4O2. The van der Waals surface area contributed by atoms with E-state index in [1.807, 2.05) is 0 Å². The summed E-state index contributed by atoms with van der Waals surface area (Å²) in [5.41, 5.74) is 5.11. The second-order valence-corrected chi connectivity index (χ2v) is 2.93. The number of amides is 1. The minimum atomic E-state index is -0.580. The van der Waals surface area contributed by atoms with Gasteiger partial charge >= 0.3 is 0 Å². The quantitative estimate of drug-likeness (QED) is 0.700. The molecule has 15 heavy (non-hydrogen) atoms. The van der Waals surface area contributed by atoms with E-state index >= 15 is 0 Å². The third-order valence-electron chi connectivity index (χ3n) is 1.94. The Morgan fingerprint density at radius 2 is 2.20 bits per heavy atom. The van der Waals surface area contributed by atoms with Gasteiger partial charge in [-0.05, 0) is 6.07 Å². The lowest BCUT2D eigenvalue weighted by molar-refractivity contribution is 0.0999. The Bertz CT molecular complexity index is 541. The van der Waals surface area contributed by atoms with E-state index in [1.54, 1.807) is 6.07 Å². The number of rotatable bonds is 2. The predicted molar refractivity (Wildman–Crippen MR) is 52.7 cm³/mol. The molecule has 6 heteroatoms. The van der Waals surface area contributed by atoms with Crippen LogP contribution in [0, 0.1) is 0 Å². The molecule has 0 spiro atoms. The highest BCUT2D eigenvalue weighted by Crippen LogP contribution is 2.01. The van der Waals surface area contributed by atoms with Crippen molar-refractivity contribution in [2.24, 2.45) is 5.73 Å². The molecule has 6 nitrogen and oxygen atoms in total. The van der Waals surface area contributed by atoms with Crippen LogP contribution in [0.25, 0.3) is 5.82 Å². The average Bonchev–Trinajstić information content (AvgIpc) is 2.71. The largest absolute Gasteiger partial charge is 0.366 e. The third-order valence-corrected chi connectivity index (χ3v) is 1.94. The summed E-state index contributed by atoms with van der Waals surface area (Å²) in [7, 11) is 0. The summed E-state index contributed by atoms with van der Waals surface area (Å²) in [5.74, 6) is -0.0913. The first-order valence-corrected chi connectivity index (χ1v) is 4.21. The van der Waals surface area contributed by atoms with E-state index < -0.39 is 5.91 Å². The first-order chi connectivity index (χ1) is 7.18. The van der Waals surface area contributed by atoms with Crippen LogP contribution in [0.2, 0.25) is 0 Å². The van der Waals surface area contributed by atoms with E-state index in [1.165, 1.54) is 29.1 Å². The minimum Gasteiger partial charge on any atom is -0.366 e. The van der Waals surface area contributed by atoms with Gasteiger partial charge in [-0.25, -0.2) is 0 Å². The summed E-state index contributed by atoms with van der Waals surface area (Å²) >= 11 is 0. The van der Waals surface area contributed by atoms with Crippen molar-refractivity contribution >= 4 is 5.91 Å². The zero-order valence-corrected chi connectivity index (χ0v) is 7.68. The van der Waals surface area contributed by atoms with Crippen molar-refractivity contribution in [1.29, 1.82) is 0 Å². The lowest BCUT2D eigenvalue weighted by atomic mass is 10.3. The van der Waals surface area contributed by atoms with Crippen LogP contribution in [0.15, 0.2) is 35.4 Å². The Kier molecular flexibility index (Phi) is 2.09. The summed E-state index contributed by atoms with van der Waals surface area (Å²) in [5, 5.41) is 6.33. The molecule has 0 saturated carbocycles. The maximum atomic E-state index is 11.5. The van der Waals surface area contributed by atoms with E-state index in [2.05, 4.69) is 10.2 Å². The Labute approximate surface area is 84.3 Å². The van der Waals surface area contributed by atoms with E-state index in [0.717, 1.165) is 0 Å². The SMILES string of the molecule is NC(=O)c1ccc(=O)n(-c2ccn[nH]2)c1. The summed E-state index contributed by atoms with van der Waals surface area (Å²) in [6.07, 6.45) is 2.89. The number of hydrogen-bond acceptors (Lipinski definition) is 3. The van der Waals surface area contributed by atoms with E-state index in [0.29, 0.717) is 5.82 Å². The molecule has 0 unspecified atom stereocenters. The fourth-order valence-corrected chi connectivity index (χ4v) is 1.20. The number of aromatic nitrogens is 3. The van der Waals surface area contributed by atoms with Crippen molar-refractivity contribution in [2.75, 3.05) is 0 Å². The monoisotopic (exact) mass is 204 g/mol. The number of aromatic amines is 1. The van der Waals surface area contributed by atoms with Gasteiger partial charge in [0.1, 0.15) is 5.82 Å². The first-order valence-electron chi connectivity index (χ1n) is 4.21. The summed E-state index contributed by atoms with van der Waals surface area (Å²) in [4.78, 5) is 22.4. The van der Waals surface area contributed by atoms with Crippen molar-refractivity contribution in [2.45, 2.75) is 0 Å². The molecule has 3 N–H and O–H groups in total. The number of nitrogens with zero attached hydrogens (tertiary/aromatic N) is 2. The number of carbonyl (C=O) groups excluding carboxylic acids is 1. The fraction of sp³-hybridized carbons (Fsp3) is 0. The Morgan fingerprint density at radius 1 is 1.40 bits per heavy atom. The lowest BCUT2D eigenvalue weighted by Crippen LogP contribution is -2.21. The highest BCUT2D eigenvalue weighted by Gasteiger charge is 2.05. The van der Waals surface area contributed by atoms with Crippen LogP contribution in [-0.4, -0.2) is 20.7 Å². The molecule has 0 bridgehead atoms. The summed E-state index contributed by atoms with van der Waals surface area (Å²) in [6, 6.07) is 4.28. The van der Waals surface area contributed by atoms with Gasteiger partial charge in [0.2, 0.25) is 5.91 Å². The van der Waals surface area contributed by atoms with Crippen LogP contribution in [0.1, 0.15) is 10.4 Å². The molecule has 76 valence electrons. The van der Waals surface area contributed by atoms with Gasteiger partial charge in [-0.15, -0.1) is 0 Å². The molecule has 0 aliphatic heterocycles. The maximum Gasteiger partial charge on any atom is 0.256 e. The van der Waals surface area contributed by atoms with Crippen LogP contribution in [0.5, 0.6) is 0 Å². The van der Waals surface area contributed by atoms with Crippen LogP contribution in [0.3, 0.4) is 0 Å². The van der Waals surface area contributed by atoms with Crippen molar-refractivity contribution in [3.63, 3.8) is 0 Å². The molecule has 0 aromatic carbocycles. The van der Waals surface area contributed by atoms with E-state index in [4.69, 9.17) is 5.73 Å². The van der Waals surface area contributed by atoms with Crippen molar-refractivity contribution in [1.82, 2.24) is 14.8 Å². The maximum absolute atomic E-state index is 11.5. The fourth-order valence-electron chi connectivity index (χ4n) is 1.20. The molecule has 2 aromatic rings. The number of nitrogens with two attached hydrogens (primary N) is 1. The molecule has 0 aliphatic carbocycles. The second-order valence-electron chi connectivity index (χ2n) is 2.93. The highest BCUT2D eigenvalue weighted by molar-refractivity contribution is 5.92. The highest BCUT2D eigenvalue weighted by atomic mass is 16.1. The Hall–Kier alpha value is -2.37. The number of nitrogens with one attached hydrogen (secondary N) is 1. The average molecular weight is 204 g/mol. The molecule has 0 radical (unpaired) electrons. The molecule has 0 saturated heterocycles. The lowest BCUT2D eigenvalue weighted by Gasteiger charge is -2.02. The number of H-pyrrole nitrogens is 1. The van der Waals surface area contributed by atoms with Crippen LogP contribution in [-0.2, 0) is 0 Å². The van der Waals surface area contributed by atoms with Crippen LogP contribution >= 0.6 is 0 Å². The zero-order chi connectivity index (χ0) is 10.8. The number of carbonyl (C=O) groups is 1. The van der Waals surface area contributed by atoms with Gasteiger partial charge in [0, 0.05) is 18.3 Å². The molecule has 1 amide bonds. The van der Waals surface area contributed by atoms with Crippen LogP contribution in [0.4, 0.5) is 0 Å². The Balaban J connectivity index is 2.61. The van der Waals surface area contributed by atoms with E-state index in [-0.39, 0.29) is 11.1 Å². The van der Waals surface area contributed by atoms with Gasteiger partial charge in [0.25, 0.3) is 5.56 Å². The molecule has 2 rings (SSSR count). The molecule has 0 atom stereocenters. The standard InChI is InChI=1S/C9H8N4O2/c10-9(15)6-1-2-8(14)13(5-6)7-3-4-11-12-7/h1-5H,(H2,10,15)(H,11,12). The molecule has 2 aromatic heterocycles. The number of hydrogen-bond donors (Lipinski definition) is 2. The third kappa shape index (κ3) is 1.64. The van der Waals surface area contributed by atoms with Crippen LogP contribution < -0.4 is 11.3 Å².